The molecule has 2 aliphatic heterocycles. The molecule has 4 heterocycles. The van der Waals surface area contributed by atoms with Gasteiger partial charge in [0.1, 0.15) is 5.82 Å². The van der Waals surface area contributed by atoms with Crippen LogP contribution in [0.1, 0.15) is 12.0 Å². The Bertz CT molecular complexity index is 1090. The number of fused-ring (bicyclic) bond motifs is 2. The lowest BCUT2D eigenvalue weighted by atomic mass is 10.0. The molecule has 2 amide bonds. The predicted octanol–water partition coefficient (Wildman–Crippen LogP) is 3.48. The number of benzene rings is 1. The second-order valence-electron chi connectivity index (χ2n) is 7.75. The van der Waals surface area contributed by atoms with Crippen molar-refractivity contribution in [3.8, 4) is 11.1 Å². The first-order valence-corrected chi connectivity index (χ1v) is 9.91. The summed E-state index contributed by atoms with van der Waals surface area (Å²) in [5, 5.41) is 3.00. The van der Waals surface area contributed by atoms with Crippen LogP contribution < -0.4 is 10.2 Å². The third-order valence-corrected chi connectivity index (χ3v) is 5.82. The van der Waals surface area contributed by atoms with E-state index < -0.39 is 0 Å². The van der Waals surface area contributed by atoms with Crippen LogP contribution in [0.15, 0.2) is 55.1 Å². The number of nitrogens with zero attached hydrogens (tertiary/aromatic N) is 5. The molecule has 2 aliphatic rings. The van der Waals surface area contributed by atoms with E-state index >= 15 is 0 Å². The van der Waals surface area contributed by atoms with Crippen molar-refractivity contribution in [2.24, 2.45) is 0 Å². The number of halogens is 1. The van der Waals surface area contributed by atoms with Gasteiger partial charge >= 0.3 is 6.03 Å². The first-order chi connectivity index (χ1) is 14.6. The molecule has 2 bridgehead atoms. The quantitative estimate of drug-likeness (QED) is 0.724. The molecule has 7 nitrogen and oxygen atoms in total. The topological polar surface area (TPSA) is 74.2 Å². The van der Waals surface area contributed by atoms with Crippen LogP contribution in [-0.2, 0) is 0 Å². The molecule has 2 aromatic heterocycles. The third-order valence-electron chi connectivity index (χ3n) is 5.82. The van der Waals surface area contributed by atoms with E-state index in [0.717, 1.165) is 30.0 Å². The van der Waals surface area contributed by atoms with Crippen molar-refractivity contribution >= 4 is 17.7 Å². The third kappa shape index (κ3) is 3.34. The maximum atomic E-state index is 13.6. The van der Waals surface area contributed by atoms with E-state index in [2.05, 4.69) is 25.2 Å². The summed E-state index contributed by atoms with van der Waals surface area (Å²) in [5.41, 5.74) is 3.19. The molecule has 2 atom stereocenters. The van der Waals surface area contributed by atoms with E-state index in [0.29, 0.717) is 17.8 Å². The summed E-state index contributed by atoms with van der Waals surface area (Å²) >= 11 is 0. The standard InChI is InChI=1S/C22H21FN6O/c1-14-3-4-17(8-20(14)15-7-16(23)11-24-10-15)27-22(30)29-13-18-9-19(29)12-28(18)21-25-5-2-6-26-21/h2-8,10-11,18-19H,9,12-13H2,1H3,(H,27,30)/t18-,19-/m1/s1. The van der Waals surface area contributed by atoms with Crippen LogP contribution in [-0.4, -0.2) is 51.1 Å². The number of aromatic nitrogens is 3. The lowest BCUT2D eigenvalue weighted by molar-refractivity contribution is 0.202. The molecule has 0 radical (unpaired) electrons. The van der Waals surface area contributed by atoms with E-state index in [1.165, 1.54) is 12.3 Å². The average Bonchev–Trinajstić information content (AvgIpc) is 3.37. The molecule has 0 spiro atoms. The number of urea groups is 1. The molecule has 5 rings (SSSR count). The van der Waals surface area contributed by atoms with Gasteiger partial charge in [0.2, 0.25) is 5.95 Å². The predicted molar refractivity (Wildman–Crippen MR) is 112 cm³/mol. The van der Waals surface area contributed by atoms with Crippen molar-refractivity contribution in [3.05, 3.63) is 66.5 Å². The van der Waals surface area contributed by atoms with Gasteiger partial charge in [-0.25, -0.2) is 19.2 Å². The van der Waals surface area contributed by atoms with Gasteiger partial charge in [-0.05, 0) is 48.7 Å². The van der Waals surface area contributed by atoms with Gasteiger partial charge in [-0.2, -0.15) is 0 Å². The van der Waals surface area contributed by atoms with Crippen LogP contribution in [0.3, 0.4) is 0 Å². The van der Waals surface area contributed by atoms with Crippen LogP contribution in [0.2, 0.25) is 0 Å². The number of carbonyl (C=O) groups excluding carboxylic acids is 1. The minimum absolute atomic E-state index is 0.122. The molecule has 30 heavy (non-hydrogen) atoms. The number of likely N-dealkylation sites (tertiary alicyclic amines) is 1. The molecule has 0 aliphatic carbocycles. The van der Waals surface area contributed by atoms with E-state index in [1.807, 2.05) is 30.0 Å². The number of anilines is 2. The number of hydrogen-bond acceptors (Lipinski definition) is 5. The lowest BCUT2D eigenvalue weighted by Gasteiger charge is -2.34. The van der Waals surface area contributed by atoms with Gasteiger partial charge in [0.15, 0.2) is 0 Å². The van der Waals surface area contributed by atoms with E-state index in [1.54, 1.807) is 24.7 Å². The van der Waals surface area contributed by atoms with Gasteiger partial charge in [-0.1, -0.05) is 6.07 Å². The highest BCUT2D eigenvalue weighted by atomic mass is 19.1. The van der Waals surface area contributed by atoms with Crippen molar-refractivity contribution in [1.82, 2.24) is 19.9 Å². The molecule has 1 aromatic carbocycles. The Kier molecular flexibility index (Phi) is 4.54. The van der Waals surface area contributed by atoms with E-state index in [4.69, 9.17) is 0 Å². The number of pyridine rings is 1. The van der Waals surface area contributed by atoms with Gasteiger partial charge in [-0.15, -0.1) is 0 Å². The fraction of sp³-hybridized carbons (Fsp3) is 0.273. The molecule has 0 saturated carbocycles. The summed E-state index contributed by atoms with van der Waals surface area (Å²) in [4.78, 5) is 29.6. The Morgan fingerprint density at radius 3 is 2.70 bits per heavy atom. The monoisotopic (exact) mass is 404 g/mol. The number of carbonyl (C=O) groups is 1. The van der Waals surface area contributed by atoms with Crippen LogP contribution >= 0.6 is 0 Å². The van der Waals surface area contributed by atoms with Crippen molar-refractivity contribution in [2.75, 3.05) is 23.3 Å². The summed E-state index contributed by atoms with van der Waals surface area (Å²) in [7, 11) is 0. The van der Waals surface area contributed by atoms with Crippen LogP contribution in [0.5, 0.6) is 0 Å². The van der Waals surface area contributed by atoms with Crippen LogP contribution in [0.4, 0.5) is 20.8 Å². The highest BCUT2D eigenvalue weighted by molar-refractivity contribution is 5.91. The summed E-state index contributed by atoms with van der Waals surface area (Å²) in [6.07, 6.45) is 7.19. The second-order valence-corrected chi connectivity index (χ2v) is 7.75. The van der Waals surface area contributed by atoms with Crippen molar-refractivity contribution in [1.29, 1.82) is 0 Å². The Morgan fingerprint density at radius 2 is 1.97 bits per heavy atom. The van der Waals surface area contributed by atoms with Gasteiger partial charge in [0.05, 0.1) is 18.3 Å². The number of nitrogens with one attached hydrogen (secondary N) is 1. The van der Waals surface area contributed by atoms with Gasteiger partial charge in [0.25, 0.3) is 0 Å². The maximum Gasteiger partial charge on any atom is 0.322 e. The Hall–Kier alpha value is -3.55. The normalized spacial score (nSPS) is 19.9. The Morgan fingerprint density at radius 1 is 1.13 bits per heavy atom. The van der Waals surface area contributed by atoms with Gasteiger partial charge in [-0.3, -0.25) is 4.98 Å². The van der Waals surface area contributed by atoms with Crippen molar-refractivity contribution in [2.45, 2.75) is 25.4 Å². The molecule has 2 saturated heterocycles. The summed E-state index contributed by atoms with van der Waals surface area (Å²) < 4.78 is 13.6. The van der Waals surface area contributed by atoms with Crippen molar-refractivity contribution in [3.63, 3.8) is 0 Å². The Balaban J connectivity index is 1.30. The molecule has 3 aromatic rings. The number of rotatable bonds is 3. The van der Waals surface area contributed by atoms with Crippen LogP contribution in [0, 0.1) is 12.7 Å². The number of hydrogen-bond donors (Lipinski definition) is 1. The minimum atomic E-state index is -0.388. The largest absolute Gasteiger partial charge is 0.334 e. The smallest absolute Gasteiger partial charge is 0.322 e. The summed E-state index contributed by atoms with van der Waals surface area (Å²) in [6, 6.07) is 9.13. The lowest BCUT2D eigenvalue weighted by Crippen LogP contribution is -2.50. The fourth-order valence-electron chi connectivity index (χ4n) is 4.37. The molecule has 1 N–H and O–H groups in total. The summed E-state index contributed by atoms with van der Waals surface area (Å²) in [6.45, 7) is 3.32. The van der Waals surface area contributed by atoms with Gasteiger partial charge < -0.3 is 15.1 Å². The molecular formula is C22H21FN6O. The first-order valence-electron chi connectivity index (χ1n) is 9.91. The molecule has 8 heteroatoms. The van der Waals surface area contributed by atoms with Crippen LogP contribution in [0.25, 0.3) is 11.1 Å². The minimum Gasteiger partial charge on any atom is -0.334 e. The number of amides is 2. The van der Waals surface area contributed by atoms with E-state index in [-0.39, 0.29) is 23.9 Å². The SMILES string of the molecule is Cc1ccc(NC(=O)N2C[C@H]3C[C@@H]2CN3c2ncccn2)cc1-c1cncc(F)c1. The second kappa shape index (κ2) is 7.37. The Labute approximate surface area is 173 Å². The molecule has 152 valence electrons. The zero-order valence-electron chi connectivity index (χ0n) is 16.5. The maximum absolute atomic E-state index is 13.6. The van der Waals surface area contributed by atoms with Crippen molar-refractivity contribution < 1.29 is 9.18 Å². The fourth-order valence-corrected chi connectivity index (χ4v) is 4.37. The zero-order valence-corrected chi connectivity index (χ0v) is 16.5. The first kappa shape index (κ1) is 18.5. The zero-order chi connectivity index (χ0) is 20.7. The van der Waals surface area contributed by atoms with Gasteiger partial charge in [0, 0.05) is 42.9 Å². The highest BCUT2D eigenvalue weighted by Crippen LogP contribution is 2.33. The molecular weight excluding hydrogens is 383 g/mol. The summed E-state index contributed by atoms with van der Waals surface area (Å²) in [5.74, 6) is 0.332. The molecule has 0 unspecified atom stereocenters. The number of aryl methyl sites for hydroxylation is 1. The molecule has 2 fully saturated rings. The highest BCUT2D eigenvalue weighted by Gasteiger charge is 2.46. The average molecular weight is 404 g/mol. The number of piperazine rings is 1. The van der Waals surface area contributed by atoms with E-state index in [9.17, 15) is 9.18 Å².